The largest absolute Gasteiger partial charge is 0.484 e. The first-order chi connectivity index (χ1) is 10.6. The first-order valence-electron chi connectivity index (χ1n) is 6.92. The molecule has 0 aromatic heterocycles. The maximum atomic E-state index is 11.6. The molecule has 0 heterocycles. The third-order valence-electron chi connectivity index (χ3n) is 3.05. The van der Waals surface area contributed by atoms with E-state index in [9.17, 15) is 9.59 Å². The smallest absolute Gasteiger partial charge is 0.335 e. The highest BCUT2D eigenvalue weighted by Crippen LogP contribution is 2.07. The van der Waals surface area contributed by atoms with E-state index in [1.54, 1.807) is 36.4 Å². The minimum atomic E-state index is -0.946. The third kappa shape index (κ3) is 4.94. The van der Waals surface area contributed by atoms with Gasteiger partial charge in [-0.25, -0.2) is 4.79 Å². The Kier molecular flexibility index (Phi) is 5.54. The molecule has 2 N–H and O–H groups in total. The first-order valence-corrected chi connectivity index (χ1v) is 6.92. The van der Waals surface area contributed by atoms with Gasteiger partial charge in [0.05, 0.1) is 5.56 Å². The third-order valence-corrected chi connectivity index (χ3v) is 3.05. The number of para-hydroxylation sites is 1. The van der Waals surface area contributed by atoms with Crippen LogP contribution < -0.4 is 10.1 Å². The van der Waals surface area contributed by atoms with Gasteiger partial charge in [0.1, 0.15) is 5.75 Å². The summed E-state index contributed by atoms with van der Waals surface area (Å²) in [5, 5.41) is 11.6. The summed E-state index contributed by atoms with van der Waals surface area (Å²) < 4.78 is 5.34. The lowest BCUT2D eigenvalue weighted by atomic mass is 10.1. The lowest BCUT2D eigenvalue weighted by Gasteiger charge is -2.07. The molecule has 0 bridgehead atoms. The van der Waals surface area contributed by atoms with Crippen molar-refractivity contribution in [2.24, 2.45) is 0 Å². The molecule has 2 rings (SSSR count). The number of carboxylic acids is 1. The molecule has 0 unspecified atom stereocenters. The van der Waals surface area contributed by atoms with Gasteiger partial charge in [-0.15, -0.1) is 0 Å². The van der Waals surface area contributed by atoms with E-state index in [0.717, 1.165) is 5.56 Å². The van der Waals surface area contributed by atoms with Gasteiger partial charge in [-0.1, -0.05) is 30.3 Å². The summed E-state index contributed by atoms with van der Waals surface area (Å²) >= 11 is 0. The molecule has 5 heteroatoms. The van der Waals surface area contributed by atoms with E-state index in [2.05, 4.69) is 5.32 Å². The fourth-order valence-electron chi connectivity index (χ4n) is 1.88. The molecule has 0 saturated heterocycles. The number of amides is 1. The summed E-state index contributed by atoms with van der Waals surface area (Å²) in [7, 11) is 0. The summed E-state index contributed by atoms with van der Waals surface area (Å²) in [5.74, 6) is -0.481. The fourth-order valence-corrected chi connectivity index (χ4v) is 1.88. The molecule has 114 valence electrons. The number of rotatable bonds is 7. The van der Waals surface area contributed by atoms with Gasteiger partial charge in [0, 0.05) is 6.54 Å². The molecular weight excluding hydrogens is 282 g/mol. The second-order valence-electron chi connectivity index (χ2n) is 4.70. The Hall–Kier alpha value is -2.82. The minimum Gasteiger partial charge on any atom is -0.484 e. The second-order valence-corrected chi connectivity index (χ2v) is 4.70. The predicted molar refractivity (Wildman–Crippen MR) is 82.1 cm³/mol. The normalized spacial score (nSPS) is 10.0. The molecule has 0 aliphatic rings. The van der Waals surface area contributed by atoms with E-state index in [1.807, 2.05) is 18.2 Å². The number of carbonyl (C=O) groups excluding carboxylic acids is 1. The molecule has 0 spiro atoms. The molecule has 0 aliphatic carbocycles. The van der Waals surface area contributed by atoms with Crippen molar-refractivity contribution in [3.05, 3.63) is 65.7 Å². The Labute approximate surface area is 128 Å². The summed E-state index contributed by atoms with van der Waals surface area (Å²) in [4.78, 5) is 22.4. The van der Waals surface area contributed by atoms with Crippen LogP contribution in [0.5, 0.6) is 5.75 Å². The number of nitrogens with one attached hydrogen (secondary N) is 1. The minimum absolute atomic E-state index is 0.0258. The predicted octanol–water partition coefficient (Wildman–Crippen LogP) is 2.12. The lowest BCUT2D eigenvalue weighted by Crippen LogP contribution is -2.30. The SMILES string of the molecule is O=C(COc1ccccc1)NCCc1ccc(C(=O)O)cc1. The van der Waals surface area contributed by atoms with Crippen LogP contribution in [0.1, 0.15) is 15.9 Å². The van der Waals surface area contributed by atoms with E-state index in [1.165, 1.54) is 0 Å². The highest BCUT2D eigenvalue weighted by Gasteiger charge is 2.04. The van der Waals surface area contributed by atoms with E-state index in [-0.39, 0.29) is 18.1 Å². The van der Waals surface area contributed by atoms with Gasteiger partial charge in [0.15, 0.2) is 6.61 Å². The zero-order valence-electron chi connectivity index (χ0n) is 12.0. The molecule has 1 amide bonds. The molecule has 0 atom stereocenters. The fraction of sp³-hybridized carbons (Fsp3) is 0.176. The van der Waals surface area contributed by atoms with Gasteiger partial charge in [0.2, 0.25) is 0 Å². The Balaban J connectivity index is 1.69. The zero-order valence-corrected chi connectivity index (χ0v) is 12.0. The molecule has 0 saturated carbocycles. The molecule has 2 aromatic rings. The average Bonchev–Trinajstić information content (AvgIpc) is 2.54. The molecule has 22 heavy (non-hydrogen) atoms. The Bertz CT molecular complexity index is 623. The van der Waals surface area contributed by atoms with Crippen LogP contribution in [0.3, 0.4) is 0 Å². The van der Waals surface area contributed by atoms with Crippen molar-refractivity contribution in [2.75, 3.05) is 13.2 Å². The highest BCUT2D eigenvalue weighted by atomic mass is 16.5. The van der Waals surface area contributed by atoms with Crippen molar-refractivity contribution in [3.8, 4) is 5.75 Å². The Morgan fingerprint density at radius 3 is 2.32 bits per heavy atom. The van der Waals surface area contributed by atoms with Crippen LogP contribution >= 0.6 is 0 Å². The molecular formula is C17H17NO4. The maximum Gasteiger partial charge on any atom is 0.335 e. The van der Waals surface area contributed by atoms with Crippen molar-refractivity contribution in [1.29, 1.82) is 0 Å². The summed E-state index contributed by atoms with van der Waals surface area (Å²) in [5.41, 5.74) is 1.22. The number of ether oxygens (including phenoxy) is 1. The quantitative estimate of drug-likeness (QED) is 0.821. The van der Waals surface area contributed by atoms with Gasteiger partial charge in [-0.2, -0.15) is 0 Å². The monoisotopic (exact) mass is 299 g/mol. The van der Waals surface area contributed by atoms with Gasteiger partial charge in [-0.05, 0) is 36.2 Å². The number of hydrogen-bond donors (Lipinski definition) is 2. The summed E-state index contributed by atoms with van der Waals surface area (Å²) in [6.45, 7) is 0.450. The zero-order chi connectivity index (χ0) is 15.8. The van der Waals surface area contributed by atoms with Gasteiger partial charge in [0.25, 0.3) is 5.91 Å². The molecule has 0 aliphatic heterocycles. The van der Waals surface area contributed by atoms with E-state index >= 15 is 0 Å². The van der Waals surface area contributed by atoms with E-state index in [4.69, 9.17) is 9.84 Å². The average molecular weight is 299 g/mol. The molecule has 0 radical (unpaired) electrons. The van der Waals surface area contributed by atoms with E-state index in [0.29, 0.717) is 18.7 Å². The van der Waals surface area contributed by atoms with Crippen molar-refractivity contribution in [1.82, 2.24) is 5.32 Å². The van der Waals surface area contributed by atoms with Crippen LogP contribution in [0.25, 0.3) is 0 Å². The standard InChI is InChI=1S/C17H17NO4/c19-16(12-22-15-4-2-1-3-5-15)18-11-10-13-6-8-14(9-7-13)17(20)21/h1-9H,10-12H2,(H,18,19)(H,20,21). The summed E-state index contributed by atoms with van der Waals surface area (Å²) in [6.07, 6.45) is 0.636. The van der Waals surface area contributed by atoms with E-state index < -0.39 is 5.97 Å². The maximum absolute atomic E-state index is 11.6. The topological polar surface area (TPSA) is 75.6 Å². The molecule has 2 aromatic carbocycles. The summed E-state index contributed by atoms with van der Waals surface area (Å²) in [6, 6.07) is 15.7. The van der Waals surface area contributed by atoms with Crippen LogP contribution in [0.2, 0.25) is 0 Å². The van der Waals surface area contributed by atoms with Gasteiger partial charge in [-0.3, -0.25) is 4.79 Å². The van der Waals surface area contributed by atoms with Crippen LogP contribution in [-0.4, -0.2) is 30.1 Å². The highest BCUT2D eigenvalue weighted by molar-refractivity contribution is 5.87. The van der Waals surface area contributed by atoms with Crippen LogP contribution in [0.4, 0.5) is 0 Å². The number of carbonyl (C=O) groups is 2. The number of carboxylic acid groups (broad SMARTS) is 1. The van der Waals surface area contributed by atoms with Crippen molar-refractivity contribution >= 4 is 11.9 Å². The number of hydrogen-bond acceptors (Lipinski definition) is 3. The number of benzene rings is 2. The van der Waals surface area contributed by atoms with Crippen LogP contribution in [-0.2, 0) is 11.2 Å². The first kappa shape index (κ1) is 15.6. The van der Waals surface area contributed by atoms with Gasteiger partial charge < -0.3 is 15.2 Å². The second kappa shape index (κ2) is 7.83. The van der Waals surface area contributed by atoms with Crippen LogP contribution in [0.15, 0.2) is 54.6 Å². The Morgan fingerprint density at radius 2 is 1.68 bits per heavy atom. The van der Waals surface area contributed by atoms with Crippen LogP contribution in [0, 0.1) is 0 Å². The lowest BCUT2D eigenvalue weighted by molar-refractivity contribution is -0.123. The van der Waals surface area contributed by atoms with Crippen molar-refractivity contribution < 1.29 is 19.4 Å². The van der Waals surface area contributed by atoms with Crippen molar-refractivity contribution in [2.45, 2.75) is 6.42 Å². The Morgan fingerprint density at radius 1 is 1.00 bits per heavy atom. The van der Waals surface area contributed by atoms with Crippen molar-refractivity contribution in [3.63, 3.8) is 0 Å². The molecule has 5 nitrogen and oxygen atoms in total. The van der Waals surface area contributed by atoms with Gasteiger partial charge >= 0.3 is 5.97 Å². The number of aromatic carboxylic acids is 1. The molecule has 0 fully saturated rings.